The molecule has 2 nitrogen and oxygen atoms in total. The summed E-state index contributed by atoms with van der Waals surface area (Å²) in [4.78, 5) is 15.2. The predicted molar refractivity (Wildman–Crippen MR) is 64.3 cm³/mol. The second kappa shape index (κ2) is 4.79. The highest BCUT2D eigenvalue weighted by Crippen LogP contribution is 2.22. The molecular weight excluding hydrogens is 206 g/mol. The molecule has 0 saturated heterocycles. The van der Waals surface area contributed by atoms with E-state index in [1.54, 1.807) is 11.8 Å². The molecule has 0 aliphatic rings. The number of carbonyl (C=O) groups excluding carboxylic acids is 1. The van der Waals surface area contributed by atoms with Gasteiger partial charge in [-0.2, -0.15) is 0 Å². The normalized spacial score (nSPS) is 11.5. The minimum Gasteiger partial charge on any atom is -0.303 e. The first kappa shape index (κ1) is 12.2. The summed E-state index contributed by atoms with van der Waals surface area (Å²) in [6, 6.07) is 2.12. The van der Waals surface area contributed by atoms with E-state index in [0.717, 1.165) is 23.3 Å². The Balaban J connectivity index is 2.89. The average Bonchev–Trinajstić information content (AvgIpc) is 2.17. The highest BCUT2D eigenvalue weighted by atomic mass is 32.2. The van der Waals surface area contributed by atoms with Crippen LogP contribution in [0.25, 0.3) is 0 Å². The maximum absolute atomic E-state index is 10.8. The van der Waals surface area contributed by atoms with Crippen molar-refractivity contribution in [2.75, 3.05) is 6.26 Å². The molecular formula is C12H17NOS. The molecule has 0 spiro atoms. The van der Waals surface area contributed by atoms with Crippen molar-refractivity contribution >= 4 is 18.0 Å². The van der Waals surface area contributed by atoms with E-state index in [-0.39, 0.29) is 5.41 Å². The molecule has 0 unspecified atom stereocenters. The van der Waals surface area contributed by atoms with Gasteiger partial charge in [-0.05, 0) is 30.7 Å². The van der Waals surface area contributed by atoms with Gasteiger partial charge in [0, 0.05) is 11.6 Å². The summed E-state index contributed by atoms with van der Waals surface area (Å²) in [5, 5.41) is 1.06. The highest BCUT2D eigenvalue weighted by Gasteiger charge is 2.17. The Kier molecular flexibility index (Phi) is 3.91. The van der Waals surface area contributed by atoms with Gasteiger partial charge in [0.15, 0.2) is 0 Å². The zero-order valence-corrected chi connectivity index (χ0v) is 10.5. The van der Waals surface area contributed by atoms with E-state index < -0.39 is 0 Å². The molecule has 0 bridgehead atoms. The minimum atomic E-state index is -0.297. The summed E-state index contributed by atoms with van der Waals surface area (Å²) in [6.07, 6.45) is 5.64. The van der Waals surface area contributed by atoms with Crippen molar-refractivity contribution in [2.24, 2.45) is 5.41 Å². The van der Waals surface area contributed by atoms with Crippen LogP contribution in [0.4, 0.5) is 0 Å². The second-order valence-corrected chi connectivity index (χ2v) is 5.25. The summed E-state index contributed by atoms with van der Waals surface area (Å²) in [6.45, 7) is 5.94. The summed E-state index contributed by atoms with van der Waals surface area (Å²) < 4.78 is 0. The molecule has 82 valence electrons. The monoisotopic (exact) mass is 223 g/mol. The van der Waals surface area contributed by atoms with Crippen LogP contribution in [0.2, 0.25) is 0 Å². The topological polar surface area (TPSA) is 30.0 Å². The predicted octanol–water partition coefficient (Wildman–Crippen LogP) is 2.88. The Morgan fingerprint density at radius 2 is 2.20 bits per heavy atom. The number of pyridine rings is 1. The number of aryl methyl sites for hydroxylation is 1. The molecule has 0 aromatic carbocycles. The molecule has 1 aromatic rings. The van der Waals surface area contributed by atoms with Crippen LogP contribution < -0.4 is 0 Å². The van der Waals surface area contributed by atoms with E-state index in [0.29, 0.717) is 0 Å². The average molecular weight is 223 g/mol. The van der Waals surface area contributed by atoms with Gasteiger partial charge < -0.3 is 4.79 Å². The van der Waals surface area contributed by atoms with Crippen molar-refractivity contribution in [3.05, 3.63) is 23.4 Å². The first-order chi connectivity index (χ1) is 6.98. The fourth-order valence-corrected chi connectivity index (χ4v) is 2.04. The third-order valence-corrected chi connectivity index (χ3v) is 3.07. The maximum Gasteiger partial charge on any atom is 0.125 e. The lowest BCUT2D eigenvalue weighted by molar-refractivity contribution is -0.114. The molecule has 0 N–H and O–H groups in total. The van der Waals surface area contributed by atoms with Gasteiger partial charge in [-0.3, -0.25) is 0 Å². The van der Waals surface area contributed by atoms with Crippen LogP contribution in [-0.4, -0.2) is 17.5 Å². The van der Waals surface area contributed by atoms with Crippen molar-refractivity contribution in [3.8, 4) is 0 Å². The minimum absolute atomic E-state index is 0.297. The maximum atomic E-state index is 10.8. The quantitative estimate of drug-likeness (QED) is 0.580. The van der Waals surface area contributed by atoms with Crippen LogP contribution >= 0.6 is 11.8 Å². The molecule has 3 heteroatoms. The number of aldehydes is 1. The van der Waals surface area contributed by atoms with E-state index in [1.165, 1.54) is 5.56 Å². The number of thioether (sulfide) groups is 1. The fraction of sp³-hybridized carbons (Fsp3) is 0.500. The van der Waals surface area contributed by atoms with Crippen LogP contribution in [0.15, 0.2) is 17.3 Å². The van der Waals surface area contributed by atoms with Gasteiger partial charge in [0.25, 0.3) is 0 Å². The number of carbonyl (C=O) groups is 1. The highest BCUT2D eigenvalue weighted by molar-refractivity contribution is 7.98. The van der Waals surface area contributed by atoms with Gasteiger partial charge in [-0.25, -0.2) is 4.98 Å². The number of rotatable bonds is 4. The molecule has 0 aliphatic carbocycles. The van der Waals surface area contributed by atoms with Gasteiger partial charge in [-0.1, -0.05) is 19.9 Å². The van der Waals surface area contributed by atoms with Gasteiger partial charge >= 0.3 is 0 Å². The molecule has 0 amide bonds. The summed E-state index contributed by atoms with van der Waals surface area (Å²) in [7, 11) is 0. The summed E-state index contributed by atoms with van der Waals surface area (Å²) in [5.74, 6) is 0. The number of nitrogens with zero attached hydrogens (tertiary/aromatic N) is 1. The van der Waals surface area contributed by atoms with Gasteiger partial charge in [-0.15, -0.1) is 11.8 Å². The van der Waals surface area contributed by atoms with Gasteiger partial charge in [0.05, 0.1) is 5.03 Å². The molecule has 0 radical (unpaired) electrons. The van der Waals surface area contributed by atoms with E-state index in [1.807, 2.05) is 26.3 Å². The molecule has 1 rings (SSSR count). The molecule has 15 heavy (non-hydrogen) atoms. The van der Waals surface area contributed by atoms with E-state index in [2.05, 4.69) is 18.0 Å². The Bertz CT molecular complexity index is 361. The van der Waals surface area contributed by atoms with Gasteiger partial charge in [0.2, 0.25) is 0 Å². The largest absolute Gasteiger partial charge is 0.303 e. The number of hydrogen-bond donors (Lipinski definition) is 0. The third kappa shape index (κ3) is 3.34. The van der Waals surface area contributed by atoms with Crippen molar-refractivity contribution in [2.45, 2.75) is 32.2 Å². The lowest BCUT2D eigenvalue weighted by atomic mass is 9.88. The van der Waals surface area contributed by atoms with Crippen LogP contribution in [0, 0.1) is 12.3 Å². The Morgan fingerprint density at radius 3 is 2.67 bits per heavy atom. The molecule has 0 fully saturated rings. The third-order valence-electron chi connectivity index (χ3n) is 2.26. The molecule has 0 atom stereocenters. The van der Waals surface area contributed by atoms with Crippen molar-refractivity contribution in [1.82, 2.24) is 4.98 Å². The SMILES string of the molecule is CSc1ncc(CC(C)(C)C=O)cc1C. The standard InChI is InChI=1S/C12H17NOS/c1-9-5-10(6-12(2,3)8-14)7-13-11(9)15-4/h5,7-8H,6H2,1-4H3. The van der Waals surface area contributed by atoms with Crippen LogP contribution in [0.3, 0.4) is 0 Å². The molecule has 1 heterocycles. The lowest BCUT2D eigenvalue weighted by Crippen LogP contribution is -2.16. The van der Waals surface area contributed by atoms with E-state index in [4.69, 9.17) is 0 Å². The molecule has 1 aromatic heterocycles. The van der Waals surface area contributed by atoms with Crippen molar-refractivity contribution < 1.29 is 4.79 Å². The van der Waals surface area contributed by atoms with Gasteiger partial charge in [0.1, 0.15) is 6.29 Å². The van der Waals surface area contributed by atoms with E-state index >= 15 is 0 Å². The first-order valence-corrected chi connectivity index (χ1v) is 6.17. The van der Waals surface area contributed by atoms with E-state index in [9.17, 15) is 4.79 Å². The number of aromatic nitrogens is 1. The summed E-state index contributed by atoms with van der Waals surface area (Å²) in [5.41, 5.74) is 2.01. The zero-order chi connectivity index (χ0) is 11.5. The summed E-state index contributed by atoms with van der Waals surface area (Å²) >= 11 is 1.65. The first-order valence-electron chi connectivity index (χ1n) is 4.94. The van der Waals surface area contributed by atoms with Crippen molar-refractivity contribution in [3.63, 3.8) is 0 Å². The Morgan fingerprint density at radius 1 is 1.53 bits per heavy atom. The molecule has 0 saturated carbocycles. The Hall–Kier alpha value is -0.830. The second-order valence-electron chi connectivity index (χ2n) is 4.45. The lowest BCUT2D eigenvalue weighted by Gasteiger charge is -2.16. The zero-order valence-electron chi connectivity index (χ0n) is 9.70. The molecule has 0 aliphatic heterocycles. The van der Waals surface area contributed by atoms with Crippen molar-refractivity contribution in [1.29, 1.82) is 0 Å². The smallest absolute Gasteiger partial charge is 0.125 e. The van der Waals surface area contributed by atoms with Crippen LogP contribution in [0.1, 0.15) is 25.0 Å². The van der Waals surface area contributed by atoms with Crippen LogP contribution in [0.5, 0.6) is 0 Å². The Labute approximate surface area is 95.5 Å². The fourth-order valence-electron chi connectivity index (χ4n) is 1.50. The van der Waals surface area contributed by atoms with Crippen LogP contribution in [-0.2, 0) is 11.2 Å². The number of hydrogen-bond acceptors (Lipinski definition) is 3.